The van der Waals surface area contributed by atoms with E-state index in [0.29, 0.717) is 19.4 Å². The molecule has 1 aliphatic heterocycles. The topological polar surface area (TPSA) is 69.6 Å². The average molecular weight is 366 g/mol. The highest BCUT2D eigenvalue weighted by Crippen LogP contribution is 2.20. The van der Waals surface area contributed by atoms with Gasteiger partial charge in [0.2, 0.25) is 5.91 Å². The second-order valence-corrected chi connectivity index (χ2v) is 7.04. The molecule has 2 aromatic rings. The van der Waals surface area contributed by atoms with Crippen LogP contribution in [0.1, 0.15) is 36.4 Å². The number of rotatable bonds is 7. The molecular formula is C22H26N2O3. The third-order valence-electron chi connectivity index (χ3n) is 5.07. The molecule has 1 aliphatic rings. The van der Waals surface area contributed by atoms with Gasteiger partial charge in [-0.05, 0) is 36.9 Å². The van der Waals surface area contributed by atoms with E-state index in [2.05, 4.69) is 5.32 Å². The molecule has 5 nitrogen and oxygen atoms in total. The Morgan fingerprint density at radius 1 is 1.04 bits per heavy atom. The largest absolute Gasteiger partial charge is 0.480 e. The van der Waals surface area contributed by atoms with Crippen LogP contribution >= 0.6 is 0 Å². The van der Waals surface area contributed by atoms with Crippen LogP contribution in [0.2, 0.25) is 0 Å². The summed E-state index contributed by atoms with van der Waals surface area (Å²) >= 11 is 0. The molecular weight excluding hydrogens is 340 g/mol. The summed E-state index contributed by atoms with van der Waals surface area (Å²) in [6, 6.07) is 19.2. The molecule has 3 rings (SSSR count). The predicted octanol–water partition coefficient (Wildman–Crippen LogP) is 3.03. The lowest BCUT2D eigenvalue weighted by atomic mass is 9.98. The Labute approximate surface area is 160 Å². The second kappa shape index (κ2) is 9.33. The number of aliphatic carboxylic acids is 1. The molecule has 1 heterocycles. The molecule has 0 aliphatic carbocycles. The lowest BCUT2D eigenvalue weighted by molar-refractivity contribution is -0.145. The first-order chi connectivity index (χ1) is 13.1. The highest BCUT2D eigenvalue weighted by molar-refractivity contribution is 5.80. The van der Waals surface area contributed by atoms with E-state index in [0.717, 1.165) is 24.0 Å². The van der Waals surface area contributed by atoms with Crippen LogP contribution in [0.3, 0.4) is 0 Å². The number of benzene rings is 2. The maximum atomic E-state index is 12.7. The number of carbonyl (C=O) groups excluding carboxylic acids is 1. The first kappa shape index (κ1) is 19.1. The van der Waals surface area contributed by atoms with E-state index >= 15 is 0 Å². The van der Waals surface area contributed by atoms with Gasteiger partial charge in [-0.3, -0.25) is 14.5 Å². The van der Waals surface area contributed by atoms with Gasteiger partial charge in [0.25, 0.3) is 0 Å². The molecule has 0 radical (unpaired) electrons. The Kier molecular flexibility index (Phi) is 6.60. The van der Waals surface area contributed by atoms with Crippen molar-refractivity contribution in [2.24, 2.45) is 0 Å². The summed E-state index contributed by atoms with van der Waals surface area (Å²) in [5, 5.41) is 12.5. The van der Waals surface area contributed by atoms with Crippen LogP contribution in [0.15, 0.2) is 60.7 Å². The Hall–Kier alpha value is -2.66. The summed E-state index contributed by atoms with van der Waals surface area (Å²) in [5.41, 5.74) is 2.19. The standard InChI is InChI=1S/C22H26N2O3/c25-21(16-24-14-8-7-13-20(24)22(26)27)23-19(18-11-5-2-6-12-18)15-17-9-3-1-4-10-17/h1-6,9-12,19-20H,7-8,13-16H2,(H,23,25)(H,26,27). The first-order valence-corrected chi connectivity index (χ1v) is 9.48. The zero-order chi connectivity index (χ0) is 19.1. The van der Waals surface area contributed by atoms with E-state index in [1.165, 1.54) is 0 Å². The summed E-state index contributed by atoms with van der Waals surface area (Å²) in [4.78, 5) is 25.9. The van der Waals surface area contributed by atoms with Crippen LogP contribution in [0.25, 0.3) is 0 Å². The van der Waals surface area contributed by atoms with Crippen molar-refractivity contribution in [2.75, 3.05) is 13.1 Å². The molecule has 142 valence electrons. The van der Waals surface area contributed by atoms with Gasteiger partial charge < -0.3 is 10.4 Å². The molecule has 2 unspecified atom stereocenters. The maximum Gasteiger partial charge on any atom is 0.320 e. The van der Waals surface area contributed by atoms with Crippen LogP contribution in [0.4, 0.5) is 0 Å². The number of nitrogens with zero attached hydrogens (tertiary/aromatic N) is 1. The Morgan fingerprint density at radius 3 is 2.37 bits per heavy atom. The number of carboxylic acids is 1. The molecule has 1 saturated heterocycles. The molecule has 0 aromatic heterocycles. The van der Waals surface area contributed by atoms with E-state index in [4.69, 9.17) is 0 Å². The molecule has 0 saturated carbocycles. The maximum absolute atomic E-state index is 12.7. The summed E-state index contributed by atoms with van der Waals surface area (Å²) < 4.78 is 0. The van der Waals surface area contributed by atoms with Crippen molar-refractivity contribution in [3.05, 3.63) is 71.8 Å². The molecule has 2 atom stereocenters. The minimum absolute atomic E-state index is 0.120. The third-order valence-corrected chi connectivity index (χ3v) is 5.07. The smallest absolute Gasteiger partial charge is 0.320 e. The Bertz CT molecular complexity index is 749. The SMILES string of the molecule is O=C(CN1CCCCC1C(=O)O)NC(Cc1ccccc1)c1ccccc1. The molecule has 5 heteroatoms. The van der Waals surface area contributed by atoms with Crippen LogP contribution < -0.4 is 5.32 Å². The van der Waals surface area contributed by atoms with E-state index in [9.17, 15) is 14.7 Å². The Balaban J connectivity index is 1.69. The van der Waals surface area contributed by atoms with Crippen LogP contribution in [0.5, 0.6) is 0 Å². The van der Waals surface area contributed by atoms with Crippen LogP contribution in [-0.4, -0.2) is 41.0 Å². The monoisotopic (exact) mass is 366 g/mol. The fraction of sp³-hybridized carbons (Fsp3) is 0.364. The van der Waals surface area contributed by atoms with Crippen molar-refractivity contribution in [1.82, 2.24) is 10.2 Å². The van der Waals surface area contributed by atoms with Crippen LogP contribution in [-0.2, 0) is 16.0 Å². The third kappa shape index (κ3) is 5.41. The van der Waals surface area contributed by atoms with Gasteiger partial charge >= 0.3 is 5.97 Å². The fourth-order valence-electron chi connectivity index (χ4n) is 3.67. The lowest BCUT2D eigenvalue weighted by Gasteiger charge is -2.32. The minimum atomic E-state index is -0.841. The van der Waals surface area contributed by atoms with Gasteiger partial charge in [0, 0.05) is 0 Å². The summed E-state index contributed by atoms with van der Waals surface area (Å²) in [6.07, 6.45) is 3.13. The fourth-order valence-corrected chi connectivity index (χ4v) is 3.67. The van der Waals surface area contributed by atoms with Crippen molar-refractivity contribution in [3.63, 3.8) is 0 Å². The first-order valence-electron chi connectivity index (χ1n) is 9.48. The molecule has 2 N–H and O–H groups in total. The quantitative estimate of drug-likeness (QED) is 0.790. The van der Waals surface area contributed by atoms with E-state index in [1.54, 1.807) is 4.90 Å². The van der Waals surface area contributed by atoms with Crippen molar-refractivity contribution < 1.29 is 14.7 Å². The minimum Gasteiger partial charge on any atom is -0.480 e. The van der Waals surface area contributed by atoms with Gasteiger partial charge in [0.05, 0.1) is 12.6 Å². The van der Waals surface area contributed by atoms with Crippen molar-refractivity contribution >= 4 is 11.9 Å². The highest BCUT2D eigenvalue weighted by Gasteiger charge is 2.30. The number of carboxylic acid groups (broad SMARTS) is 1. The average Bonchev–Trinajstić information content (AvgIpc) is 2.69. The number of hydrogen-bond acceptors (Lipinski definition) is 3. The van der Waals surface area contributed by atoms with Gasteiger partial charge in [0.1, 0.15) is 6.04 Å². The molecule has 1 amide bonds. The molecule has 0 spiro atoms. The Morgan fingerprint density at radius 2 is 1.70 bits per heavy atom. The number of likely N-dealkylation sites (tertiary alicyclic amines) is 1. The van der Waals surface area contributed by atoms with Crippen molar-refractivity contribution in [2.45, 2.75) is 37.8 Å². The molecule has 2 aromatic carbocycles. The van der Waals surface area contributed by atoms with Gasteiger partial charge in [0.15, 0.2) is 0 Å². The number of piperidine rings is 1. The highest BCUT2D eigenvalue weighted by atomic mass is 16.4. The molecule has 0 bridgehead atoms. The zero-order valence-corrected chi connectivity index (χ0v) is 15.4. The summed E-state index contributed by atoms with van der Waals surface area (Å²) in [5.74, 6) is -0.973. The summed E-state index contributed by atoms with van der Waals surface area (Å²) in [7, 11) is 0. The number of amides is 1. The number of hydrogen-bond donors (Lipinski definition) is 2. The van der Waals surface area contributed by atoms with Gasteiger partial charge in [-0.25, -0.2) is 0 Å². The van der Waals surface area contributed by atoms with E-state index < -0.39 is 12.0 Å². The lowest BCUT2D eigenvalue weighted by Crippen LogP contribution is -2.49. The molecule has 27 heavy (non-hydrogen) atoms. The van der Waals surface area contributed by atoms with Gasteiger partial charge in [-0.1, -0.05) is 67.1 Å². The summed E-state index contributed by atoms with van der Waals surface area (Å²) in [6.45, 7) is 0.772. The van der Waals surface area contributed by atoms with Crippen molar-refractivity contribution in [1.29, 1.82) is 0 Å². The van der Waals surface area contributed by atoms with E-state index in [-0.39, 0.29) is 18.5 Å². The number of carbonyl (C=O) groups is 2. The van der Waals surface area contributed by atoms with Gasteiger partial charge in [-0.2, -0.15) is 0 Å². The van der Waals surface area contributed by atoms with Gasteiger partial charge in [-0.15, -0.1) is 0 Å². The van der Waals surface area contributed by atoms with E-state index in [1.807, 2.05) is 60.7 Å². The number of nitrogens with one attached hydrogen (secondary N) is 1. The predicted molar refractivity (Wildman–Crippen MR) is 104 cm³/mol. The second-order valence-electron chi connectivity index (χ2n) is 7.04. The molecule has 1 fully saturated rings. The normalized spacial score (nSPS) is 18.6. The van der Waals surface area contributed by atoms with Crippen molar-refractivity contribution in [3.8, 4) is 0 Å². The zero-order valence-electron chi connectivity index (χ0n) is 15.4. The van der Waals surface area contributed by atoms with Crippen LogP contribution in [0, 0.1) is 0 Å².